The Morgan fingerprint density at radius 3 is 2.33 bits per heavy atom. The fourth-order valence-electron chi connectivity index (χ4n) is 2.27. The van der Waals surface area contributed by atoms with Gasteiger partial charge in [-0.25, -0.2) is 4.98 Å². The lowest BCUT2D eigenvalue weighted by Crippen LogP contribution is -1.89. The average Bonchev–Trinajstić information content (AvgIpc) is 3.28. The molecular formula is C17H11NOS2. The summed E-state index contributed by atoms with van der Waals surface area (Å²) >= 11 is 3.41. The SMILES string of the molecule is c1csc(-c2ccc(-c3ccoc3)c(-c3cccs3)n2)c1. The number of furan rings is 1. The molecule has 0 radical (unpaired) electrons. The minimum Gasteiger partial charge on any atom is -0.472 e. The quantitative estimate of drug-likeness (QED) is 0.478. The monoisotopic (exact) mass is 309 g/mol. The second kappa shape index (κ2) is 5.31. The highest BCUT2D eigenvalue weighted by Gasteiger charge is 2.13. The molecule has 0 bridgehead atoms. The Balaban J connectivity index is 1.92. The molecule has 0 unspecified atom stereocenters. The van der Waals surface area contributed by atoms with Crippen molar-refractivity contribution in [2.75, 3.05) is 0 Å². The van der Waals surface area contributed by atoms with Crippen molar-refractivity contribution >= 4 is 22.7 Å². The van der Waals surface area contributed by atoms with E-state index in [0.29, 0.717) is 0 Å². The van der Waals surface area contributed by atoms with Crippen LogP contribution in [0.15, 0.2) is 70.2 Å². The zero-order chi connectivity index (χ0) is 14.1. The van der Waals surface area contributed by atoms with Crippen molar-refractivity contribution in [2.24, 2.45) is 0 Å². The lowest BCUT2D eigenvalue weighted by molar-refractivity contribution is 0.568. The third kappa shape index (κ3) is 2.33. The van der Waals surface area contributed by atoms with Gasteiger partial charge in [-0.05, 0) is 41.1 Å². The van der Waals surface area contributed by atoms with Gasteiger partial charge in [0.05, 0.1) is 33.7 Å². The smallest absolute Gasteiger partial charge is 0.0981 e. The summed E-state index contributed by atoms with van der Waals surface area (Å²) in [6, 6.07) is 14.5. The number of hydrogen-bond donors (Lipinski definition) is 0. The Kier molecular flexibility index (Phi) is 3.18. The van der Waals surface area contributed by atoms with E-state index in [4.69, 9.17) is 9.40 Å². The normalized spacial score (nSPS) is 10.9. The van der Waals surface area contributed by atoms with Gasteiger partial charge in [-0.1, -0.05) is 12.1 Å². The lowest BCUT2D eigenvalue weighted by atomic mass is 10.1. The number of rotatable bonds is 3. The van der Waals surface area contributed by atoms with Gasteiger partial charge in [0.2, 0.25) is 0 Å². The predicted octanol–water partition coefficient (Wildman–Crippen LogP) is 5.80. The molecule has 102 valence electrons. The highest BCUT2D eigenvalue weighted by Crippen LogP contribution is 2.36. The largest absolute Gasteiger partial charge is 0.472 e. The predicted molar refractivity (Wildman–Crippen MR) is 88.6 cm³/mol. The molecule has 0 saturated carbocycles. The minimum absolute atomic E-state index is 1.01. The Morgan fingerprint density at radius 2 is 1.67 bits per heavy atom. The first-order chi connectivity index (χ1) is 10.4. The summed E-state index contributed by atoms with van der Waals surface area (Å²) in [4.78, 5) is 7.25. The summed E-state index contributed by atoms with van der Waals surface area (Å²) in [5, 5.41) is 4.15. The van der Waals surface area contributed by atoms with Gasteiger partial charge in [0, 0.05) is 11.1 Å². The van der Waals surface area contributed by atoms with E-state index in [-0.39, 0.29) is 0 Å². The molecule has 0 N–H and O–H groups in total. The van der Waals surface area contributed by atoms with Crippen LogP contribution in [0.3, 0.4) is 0 Å². The van der Waals surface area contributed by atoms with Gasteiger partial charge < -0.3 is 4.42 Å². The molecule has 4 aromatic heterocycles. The van der Waals surface area contributed by atoms with Crippen LogP contribution >= 0.6 is 22.7 Å². The van der Waals surface area contributed by atoms with E-state index in [1.54, 1.807) is 35.2 Å². The van der Waals surface area contributed by atoms with Crippen LogP contribution in [0.5, 0.6) is 0 Å². The molecule has 0 aromatic carbocycles. The number of aromatic nitrogens is 1. The van der Waals surface area contributed by atoms with Crippen LogP contribution in [0.4, 0.5) is 0 Å². The molecule has 4 rings (SSSR count). The van der Waals surface area contributed by atoms with Crippen molar-refractivity contribution in [3.8, 4) is 32.3 Å². The van der Waals surface area contributed by atoms with Crippen LogP contribution in [0.1, 0.15) is 0 Å². The van der Waals surface area contributed by atoms with Crippen LogP contribution in [-0.2, 0) is 0 Å². The van der Waals surface area contributed by atoms with E-state index in [0.717, 1.165) is 22.5 Å². The van der Waals surface area contributed by atoms with Crippen molar-refractivity contribution in [1.82, 2.24) is 4.98 Å². The Labute approximate surface area is 130 Å². The lowest BCUT2D eigenvalue weighted by Gasteiger charge is -2.07. The molecule has 0 aliphatic heterocycles. The number of thiophene rings is 2. The molecule has 0 amide bonds. The molecule has 0 atom stereocenters. The molecule has 4 heteroatoms. The summed E-state index contributed by atoms with van der Waals surface area (Å²) in [5.41, 5.74) is 4.19. The van der Waals surface area contributed by atoms with E-state index in [9.17, 15) is 0 Å². The first-order valence-corrected chi connectivity index (χ1v) is 8.29. The summed E-state index contributed by atoms with van der Waals surface area (Å²) in [6.07, 6.45) is 3.46. The Morgan fingerprint density at radius 1 is 0.857 bits per heavy atom. The first kappa shape index (κ1) is 12.6. The van der Waals surface area contributed by atoms with Gasteiger partial charge in [-0.3, -0.25) is 0 Å². The third-order valence-corrected chi connectivity index (χ3v) is 5.02. The van der Waals surface area contributed by atoms with Crippen LogP contribution < -0.4 is 0 Å². The fraction of sp³-hybridized carbons (Fsp3) is 0. The Bertz CT molecular complexity index is 831. The van der Waals surface area contributed by atoms with Crippen LogP contribution in [0.25, 0.3) is 32.3 Å². The van der Waals surface area contributed by atoms with Crippen molar-refractivity contribution in [2.45, 2.75) is 0 Å². The van der Waals surface area contributed by atoms with Crippen molar-refractivity contribution in [1.29, 1.82) is 0 Å². The van der Waals surface area contributed by atoms with Crippen molar-refractivity contribution in [3.05, 3.63) is 65.8 Å². The molecule has 0 fully saturated rings. The maximum absolute atomic E-state index is 5.22. The van der Waals surface area contributed by atoms with E-state index in [2.05, 4.69) is 47.2 Å². The standard InChI is InChI=1S/C17H11NOS2/c1-3-15(20-9-1)14-6-5-13(12-7-8-19-11-12)17(18-14)16-4-2-10-21-16/h1-11H. The maximum Gasteiger partial charge on any atom is 0.0981 e. The zero-order valence-electron chi connectivity index (χ0n) is 11.0. The Hall–Kier alpha value is -2.17. The fourth-order valence-corrected chi connectivity index (χ4v) is 3.70. The molecule has 4 aromatic rings. The van der Waals surface area contributed by atoms with Crippen molar-refractivity contribution < 1.29 is 4.42 Å². The average molecular weight is 309 g/mol. The van der Waals surface area contributed by atoms with Gasteiger partial charge >= 0.3 is 0 Å². The number of nitrogens with zero attached hydrogens (tertiary/aromatic N) is 1. The topological polar surface area (TPSA) is 26.0 Å². The second-order valence-electron chi connectivity index (χ2n) is 4.56. The molecule has 4 heterocycles. The molecular weight excluding hydrogens is 298 g/mol. The van der Waals surface area contributed by atoms with Crippen LogP contribution in [-0.4, -0.2) is 4.98 Å². The highest BCUT2D eigenvalue weighted by atomic mass is 32.1. The third-order valence-electron chi connectivity index (χ3n) is 3.26. The van der Waals surface area contributed by atoms with Crippen molar-refractivity contribution in [3.63, 3.8) is 0 Å². The van der Waals surface area contributed by atoms with Crippen LogP contribution in [0.2, 0.25) is 0 Å². The summed E-state index contributed by atoms with van der Waals surface area (Å²) in [6.45, 7) is 0. The van der Waals surface area contributed by atoms with E-state index < -0.39 is 0 Å². The second-order valence-corrected chi connectivity index (χ2v) is 6.45. The molecule has 0 aliphatic rings. The maximum atomic E-state index is 5.22. The molecule has 0 spiro atoms. The number of hydrogen-bond acceptors (Lipinski definition) is 4. The summed E-state index contributed by atoms with van der Waals surface area (Å²) < 4.78 is 5.22. The molecule has 0 saturated heterocycles. The first-order valence-electron chi connectivity index (χ1n) is 6.53. The van der Waals surface area contributed by atoms with Gasteiger partial charge in [-0.15, -0.1) is 22.7 Å². The minimum atomic E-state index is 1.01. The zero-order valence-corrected chi connectivity index (χ0v) is 12.7. The van der Waals surface area contributed by atoms with Crippen LogP contribution in [0, 0.1) is 0 Å². The van der Waals surface area contributed by atoms with Gasteiger partial charge in [-0.2, -0.15) is 0 Å². The number of pyridine rings is 1. The molecule has 21 heavy (non-hydrogen) atoms. The summed E-state index contributed by atoms with van der Waals surface area (Å²) in [7, 11) is 0. The molecule has 0 aliphatic carbocycles. The van der Waals surface area contributed by atoms with E-state index in [1.807, 2.05) is 6.07 Å². The van der Waals surface area contributed by atoms with Gasteiger partial charge in [0.25, 0.3) is 0 Å². The van der Waals surface area contributed by atoms with E-state index >= 15 is 0 Å². The van der Waals surface area contributed by atoms with Gasteiger partial charge in [0.15, 0.2) is 0 Å². The molecule has 2 nitrogen and oxygen atoms in total. The highest BCUT2D eigenvalue weighted by molar-refractivity contribution is 7.14. The summed E-state index contributed by atoms with van der Waals surface area (Å²) in [5.74, 6) is 0. The van der Waals surface area contributed by atoms with Gasteiger partial charge in [0.1, 0.15) is 0 Å². The van der Waals surface area contributed by atoms with E-state index in [1.165, 1.54) is 9.75 Å².